The van der Waals surface area contributed by atoms with Gasteiger partial charge in [-0.25, -0.2) is 14.1 Å². The van der Waals surface area contributed by atoms with Crippen molar-refractivity contribution in [1.82, 2.24) is 19.5 Å². The number of β-lactam (4-membered cyclic amide) rings is 1. The number of hydrogen-bond donors (Lipinski definition) is 6. The molecule has 2 saturated heterocycles. The molecular weight excluding hydrogens is 548 g/mol. The predicted molar refractivity (Wildman–Crippen MR) is 131 cm³/mol. The number of carboxylic acids is 1. The number of carboxylic acid groups (broad SMARTS) is 1. The van der Waals surface area contributed by atoms with Crippen LogP contribution >= 0.6 is 11.3 Å². The summed E-state index contributed by atoms with van der Waals surface area (Å²) in [6, 6.07) is -2.89. The first-order valence-electron chi connectivity index (χ1n) is 11.0. The molecule has 3 amide bonds. The minimum Gasteiger partial charge on any atom is -0.478 e. The first-order valence-corrected chi connectivity index (χ1v) is 13.2. The molecular formula is C19H26N8O9S2. The zero-order chi connectivity index (χ0) is 28.6. The summed E-state index contributed by atoms with van der Waals surface area (Å²) in [6.07, 6.45) is 0.338. The molecule has 0 radical (unpaired) electrons. The molecule has 0 saturated carbocycles. The second kappa shape index (κ2) is 10.5. The molecule has 0 aliphatic carbocycles. The molecule has 0 unspecified atom stereocenters. The fourth-order valence-electron chi connectivity index (χ4n) is 3.82. The van der Waals surface area contributed by atoms with E-state index in [1.807, 2.05) is 0 Å². The van der Waals surface area contributed by atoms with Crippen LogP contribution in [0.3, 0.4) is 0 Å². The third-order valence-electron chi connectivity index (χ3n) is 5.85. The Morgan fingerprint density at radius 2 is 2.03 bits per heavy atom. The van der Waals surface area contributed by atoms with E-state index in [4.69, 9.17) is 21.7 Å². The lowest BCUT2D eigenvalue weighted by Gasteiger charge is -2.45. The van der Waals surface area contributed by atoms with E-state index >= 15 is 0 Å². The number of hydrogen-bond acceptors (Lipinski definition) is 12. The predicted octanol–water partition coefficient (Wildman–Crippen LogP) is -2.02. The van der Waals surface area contributed by atoms with E-state index in [9.17, 15) is 37.3 Å². The normalized spacial score (nSPS) is 22.3. The van der Waals surface area contributed by atoms with E-state index in [1.165, 1.54) is 24.1 Å². The first-order chi connectivity index (χ1) is 17.5. The van der Waals surface area contributed by atoms with Crippen molar-refractivity contribution < 1.29 is 42.1 Å². The van der Waals surface area contributed by atoms with Crippen LogP contribution in [0.1, 0.15) is 32.4 Å². The van der Waals surface area contributed by atoms with Crippen molar-refractivity contribution in [2.24, 2.45) is 16.8 Å². The third-order valence-corrected chi connectivity index (χ3v) is 7.47. The second-order valence-corrected chi connectivity index (χ2v) is 11.2. The van der Waals surface area contributed by atoms with Gasteiger partial charge in [0.1, 0.15) is 11.7 Å². The number of thiazole rings is 1. The lowest BCUT2D eigenvalue weighted by molar-refractivity contribution is -0.161. The molecule has 2 aliphatic heterocycles. The number of nitrogen functional groups attached to an aromatic ring is 1. The van der Waals surface area contributed by atoms with E-state index in [1.54, 1.807) is 0 Å². The number of nitrogens with zero attached hydrogens (tertiary/aromatic N) is 4. The summed E-state index contributed by atoms with van der Waals surface area (Å²) < 4.78 is 33.4. The number of rotatable bonds is 11. The van der Waals surface area contributed by atoms with Gasteiger partial charge >= 0.3 is 16.3 Å². The Kier molecular flexibility index (Phi) is 7.94. The highest BCUT2D eigenvalue weighted by Crippen LogP contribution is 2.28. The van der Waals surface area contributed by atoms with Gasteiger partial charge in [0, 0.05) is 30.8 Å². The average Bonchev–Trinajstić information content (AvgIpc) is 3.36. The van der Waals surface area contributed by atoms with E-state index in [0.717, 1.165) is 11.3 Å². The molecule has 0 bridgehead atoms. The maximum absolute atomic E-state index is 13.1. The number of carbonyl (C=O) groups is 4. The molecule has 208 valence electrons. The Morgan fingerprint density at radius 1 is 1.37 bits per heavy atom. The molecule has 19 heteroatoms. The van der Waals surface area contributed by atoms with Gasteiger partial charge in [0.05, 0.1) is 11.9 Å². The Hall–Kier alpha value is -3.84. The molecule has 3 heterocycles. The Morgan fingerprint density at radius 3 is 2.55 bits per heavy atom. The van der Waals surface area contributed by atoms with Gasteiger partial charge < -0.3 is 31.6 Å². The Balaban J connectivity index is 1.85. The van der Waals surface area contributed by atoms with E-state index < -0.39 is 63.3 Å². The highest BCUT2D eigenvalue weighted by molar-refractivity contribution is 7.84. The number of aromatic nitrogens is 1. The topological polar surface area (TPSA) is 272 Å². The number of carbonyl (C=O) groups excluding carboxylic acids is 3. The monoisotopic (exact) mass is 574 g/mol. The largest absolute Gasteiger partial charge is 0.478 e. The van der Waals surface area contributed by atoms with Gasteiger partial charge in [0.2, 0.25) is 11.5 Å². The number of nitrogens with one attached hydrogen (secondary N) is 2. The highest BCUT2D eigenvalue weighted by Gasteiger charge is 2.55. The molecule has 0 aromatic carbocycles. The van der Waals surface area contributed by atoms with Crippen LogP contribution in [0, 0.1) is 11.3 Å². The van der Waals surface area contributed by atoms with Gasteiger partial charge in [-0.2, -0.15) is 8.42 Å². The SMILES string of the molecule is CC(C)(O/N=C(\C(=O)N[C@@H]1C(=O)N(S(=O)(=O)O)[C@@H]1CN1CC[C@@H](CC(=N)N)C1=O)c1csc(N)n1)C(=O)O. The number of likely N-dealkylation sites (tertiary alicyclic amines) is 1. The van der Waals surface area contributed by atoms with E-state index in [-0.39, 0.29) is 40.5 Å². The number of amides is 3. The zero-order valence-electron chi connectivity index (χ0n) is 20.2. The molecule has 1 aromatic heterocycles. The van der Waals surface area contributed by atoms with Crippen molar-refractivity contribution in [2.45, 2.75) is 44.4 Å². The van der Waals surface area contributed by atoms with Crippen LogP contribution in [0.2, 0.25) is 0 Å². The van der Waals surface area contributed by atoms with Crippen LogP contribution in [-0.2, 0) is 34.3 Å². The van der Waals surface area contributed by atoms with Crippen LogP contribution in [0.15, 0.2) is 10.5 Å². The van der Waals surface area contributed by atoms with Crippen molar-refractivity contribution >= 4 is 62.0 Å². The summed E-state index contributed by atoms with van der Waals surface area (Å²) in [4.78, 5) is 60.0. The van der Waals surface area contributed by atoms with Gasteiger partial charge in [0.25, 0.3) is 11.8 Å². The molecule has 3 atom stereocenters. The Bertz CT molecular complexity index is 1310. The molecule has 3 rings (SSSR count). The summed E-state index contributed by atoms with van der Waals surface area (Å²) in [5.74, 6) is -4.88. The lowest BCUT2D eigenvalue weighted by atomic mass is 9.97. The summed E-state index contributed by atoms with van der Waals surface area (Å²) in [5.41, 5.74) is 8.47. The van der Waals surface area contributed by atoms with Crippen LogP contribution in [0.5, 0.6) is 0 Å². The highest BCUT2D eigenvalue weighted by atomic mass is 32.2. The third kappa shape index (κ3) is 6.00. The quantitative estimate of drug-likeness (QED) is 0.0549. The molecule has 1 aromatic rings. The summed E-state index contributed by atoms with van der Waals surface area (Å²) in [6.45, 7) is 2.16. The minimum atomic E-state index is -5.04. The first kappa shape index (κ1) is 28.7. The Labute approximate surface area is 220 Å². The minimum absolute atomic E-state index is 0.00436. The van der Waals surface area contributed by atoms with Crippen molar-refractivity contribution in [3.63, 3.8) is 0 Å². The van der Waals surface area contributed by atoms with Crippen LogP contribution in [0.4, 0.5) is 5.13 Å². The second-order valence-electron chi connectivity index (χ2n) is 9.05. The standard InChI is InChI=1S/C19H26N8O9S2/c1-19(2,17(31)32)36-25-12(9-7-37-18(22)23-9)14(28)24-13-10(27(16(13)30)38(33,34)35)6-26-4-3-8(15(26)29)5-11(20)21/h7-8,10,13H,3-6H2,1-2H3,(H3,20,21)(H2,22,23)(H,24,28)(H,31,32)(H,33,34,35)/b25-12-/t8-,10+,13-/m0/s1. The van der Waals surface area contributed by atoms with Gasteiger partial charge in [-0.3, -0.25) is 24.3 Å². The number of nitrogens with two attached hydrogens (primary N) is 2. The van der Waals surface area contributed by atoms with Crippen molar-refractivity contribution in [2.75, 3.05) is 18.8 Å². The molecule has 8 N–H and O–H groups in total. The zero-order valence-corrected chi connectivity index (χ0v) is 21.8. The van der Waals surface area contributed by atoms with Crippen molar-refractivity contribution in [3.8, 4) is 0 Å². The fourth-order valence-corrected chi connectivity index (χ4v) is 5.23. The van der Waals surface area contributed by atoms with Crippen LogP contribution < -0.4 is 16.8 Å². The maximum atomic E-state index is 13.1. The van der Waals surface area contributed by atoms with E-state index in [2.05, 4.69) is 15.5 Å². The summed E-state index contributed by atoms with van der Waals surface area (Å²) in [5, 5.41) is 23.9. The van der Waals surface area contributed by atoms with Gasteiger partial charge in [-0.15, -0.1) is 11.3 Å². The maximum Gasteiger partial charge on any atom is 0.362 e. The van der Waals surface area contributed by atoms with Crippen molar-refractivity contribution in [3.05, 3.63) is 11.1 Å². The number of aliphatic carboxylic acids is 1. The molecule has 2 aliphatic rings. The van der Waals surface area contributed by atoms with Crippen LogP contribution in [-0.4, -0.2) is 98.3 Å². The number of amidine groups is 1. The molecule has 17 nitrogen and oxygen atoms in total. The van der Waals surface area contributed by atoms with Crippen LogP contribution in [0.25, 0.3) is 0 Å². The van der Waals surface area contributed by atoms with Gasteiger partial charge in [0.15, 0.2) is 10.8 Å². The average molecular weight is 575 g/mol. The molecule has 2 fully saturated rings. The lowest BCUT2D eigenvalue weighted by Crippen LogP contribution is -2.74. The molecule has 0 spiro atoms. The molecule has 38 heavy (non-hydrogen) atoms. The van der Waals surface area contributed by atoms with Gasteiger partial charge in [-0.1, -0.05) is 5.16 Å². The van der Waals surface area contributed by atoms with Crippen molar-refractivity contribution in [1.29, 1.82) is 5.41 Å². The fraction of sp³-hybridized carbons (Fsp3) is 0.526. The van der Waals surface area contributed by atoms with Gasteiger partial charge in [-0.05, 0) is 20.3 Å². The summed E-state index contributed by atoms with van der Waals surface area (Å²) in [7, 11) is -5.04. The number of oxime groups is 1. The smallest absolute Gasteiger partial charge is 0.362 e. The number of anilines is 1. The van der Waals surface area contributed by atoms with E-state index in [0.29, 0.717) is 6.42 Å². The summed E-state index contributed by atoms with van der Waals surface area (Å²) >= 11 is 0.937.